The summed E-state index contributed by atoms with van der Waals surface area (Å²) >= 11 is 0. The van der Waals surface area contributed by atoms with E-state index < -0.39 is 0 Å². The lowest BCUT2D eigenvalue weighted by Gasteiger charge is -2.35. The number of hydrogen-bond donors (Lipinski definition) is 0. The van der Waals surface area contributed by atoms with Gasteiger partial charge in [0.25, 0.3) is 0 Å². The number of aryl methyl sites for hydroxylation is 1. The molecule has 1 aliphatic rings. The predicted octanol–water partition coefficient (Wildman–Crippen LogP) is 16.2. The molecular formula is C57H53N. The molecule has 0 saturated heterocycles. The number of fused-ring (bicyclic) bond motifs is 6. The van der Waals surface area contributed by atoms with Gasteiger partial charge in [-0.1, -0.05) is 193 Å². The van der Waals surface area contributed by atoms with Gasteiger partial charge in [0.2, 0.25) is 0 Å². The van der Waals surface area contributed by atoms with Crippen molar-refractivity contribution >= 4 is 43.7 Å². The van der Waals surface area contributed by atoms with Crippen molar-refractivity contribution in [3.63, 3.8) is 0 Å². The molecule has 0 aliphatic heterocycles. The highest BCUT2D eigenvalue weighted by Crippen LogP contribution is 2.50. The predicted molar refractivity (Wildman–Crippen MR) is 252 cm³/mol. The summed E-state index contributed by atoms with van der Waals surface area (Å²) in [5, 5.41) is 7.65. The van der Waals surface area contributed by atoms with Gasteiger partial charge in [-0.05, 0) is 131 Å². The summed E-state index contributed by atoms with van der Waals surface area (Å²) in [6.07, 6.45) is 8.18. The van der Waals surface area contributed by atoms with Gasteiger partial charge in [-0.15, -0.1) is 0 Å². The van der Waals surface area contributed by atoms with Crippen LogP contribution in [-0.4, -0.2) is 6.04 Å². The molecule has 1 nitrogen and oxygen atoms in total. The average molecular weight is 752 g/mol. The van der Waals surface area contributed by atoms with E-state index in [9.17, 15) is 0 Å². The third-order valence-corrected chi connectivity index (χ3v) is 12.2. The molecule has 0 radical (unpaired) electrons. The van der Waals surface area contributed by atoms with Gasteiger partial charge >= 0.3 is 0 Å². The fourth-order valence-electron chi connectivity index (χ4n) is 9.01. The molecule has 8 aromatic rings. The zero-order valence-electron chi connectivity index (χ0n) is 35.0. The van der Waals surface area contributed by atoms with Crippen molar-refractivity contribution in [2.24, 2.45) is 5.41 Å². The molecule has 58 heavy (non-hydrogen) atoms. The van der Waals surface area contributed by atoms with Crippen LogP contribution in [0.5, 0.6) is 0 Å². The monoisotopic (exact) mass is 751 g/mol. The minimum Gasteiger partial charge on any atom is -0.334 e. The molecular weight excluding hydrogens is 699 g/mol. The summed E-state index contributed by atoms with van der Waals surface area (Å²) in [6, 6.07) is 59.3. The van der Waals surface area contributed by atoms with Gasteiger partial charge in [-0.25, -0.2) is 0 Å². The first-order valence-corrected chi connectivity index (χ1v) is 20.9. The van der Waals surface area contributed by atoms with E-state index in [1.165, 1.54) is 93.8 Å². The maximum Gasteiger partial charge on any atom is 0.0560 e. The van der Waals surface area contributed by atoms with Crippen LogP contribution < -0.4 is 4.90 Å². The fraction of sp³-hybridized carbons (Fsp3) is 0.193. The second-order valence-electron chi connectivity index (χ2n) is 18.2. The molecule has 0 bridgehead atoms. The zero-order valence-corrected chi connectivity index (χ0v) is 35.0. The first-order chi connectivity index (χ1) is 28.0. The van der Waals surface area contributed by atoms with E-state index in [-0.39, 0.29) is 16.9 Å². The zero-order chi connectivity index (χ0) is 40.2. The van der Waals surface area contributed by atoms with Crippen LogP contribution in [-0.2, 0) is 5.41 Å². The van der Waals surface area contributed by atoms with Crippen molar-refractivity contribution in [3.8, 4) is 33.4 Å². The molecule has 0 heterocycles. The minimum atomic E-state index is 0.0772. The molecule has 0 fully saturated rings. The van der Waals surface area contributed by atoms with E-state index in [4.69, 9.17) is 0 Å². The van der Waals surface area contributed by atoms with Crippen LogP contribution in [0.15, 0.2) is 182 Å². The number of allylic oxidation sites excluding steroid dienone is 2. The van der Waals surface area contributed by atoms with Crippen molar-refractivity contribution in [2.45, 2.75) is 66.3 Å². The summed E-state index contributed by atoms with van der Waals surface area (Å²) in [6.45, 7) is 16.0. The standard InChI is InChI=1S/C57H53N/c1-38-22-24-40(25-23-38)50-37-51(39-16-10-8-11-17-39)54-48-21-15-14-20-47(48)52-36-46(34-35-49(52)55(54)53(50)41-18-12-9-13-19-41)58(44-30-26-42(27-31-44)56(2,3)4)45-32-28-43(29-33-45)57(5,6)7/h8-32,34-37,45H,33H2,1-7H3. The van der Waals surface area contributed by atoms with Gasteiger partial charge in [0.15, 0.2) is 0 Å². The Morgan fingerprint density at radius 1 is 0.483 bits per heavy atom. The van der Waals surface area contributed by atoms with Crippen molar-refractivity contribution < 1.29 is 0 Å². The van der Waals surface area contributed by atoms with E-state index in [2.05, 4.69) is 229 Å². The Kier molecular flexibility index (Phi) is 9.44. The summed E-state index contributed by atoms with van der Waals surface area (Å²) in [7, 11) is 0. The van der Waals surface area contributed by atoms with Crippen LogP contribution in [0.3, 0.4) is 0 Å². The number of hydrogen-bond acceptors (Lipinski definition) is 1. The Hall–Kier alpha value is -6.18. The van der Waals surface area contributed by atoms with E-state index >= 15 is 0 Å². The van der Waals surface area contributed by atoms with E-state index in [0.717, 1.165) is 6.42 Å². The van der Waals surface area contributed by atoms with Crippen molar-refractivity contribution in [2.75, 3.05) is 4.90 Å². The number of anilines is 2. The van der Waals surface area contributed by atoms with Gasteiger partial charge in [-0.2, -0.15) is 0 Å². The van der Waals surface area contributed by atoms with Crippen LogP contribution in [0.1, 0.15) is 59.1 Å². The second-order valence-corrected chi connectivity index (χ2v) is 18.2. The Morgan fingerprint density at radius 2 is 1.07 bits per heavy atom. The van der Waals surface area contributed by atoms with Crippen LogP contribution in [0.4, 0.5) is 11.4 Å². The first-order valence-electron chi connectivity index (χ1n) is 20.9. The average Bonchev–Trinajstić information content (AvgIpc) is 3.24. The summed E-state index contributed by atoms with van der Waals surface area (Å²) < 4.78 is 0. The van der Waals surface area contributed by atoms with Crippen LogP contribution >= 0.6 is 0 Å². The Bertz CT molecular complexity index is 2840. The highest BCUT2D eigenvalue weighted by Gasteiger charge is 2.26. The van der Waals surface area contributed by atoms with Gasteiger partial charge in [-0.3, -0.25) is 0 Å². The molecule has 0 amide bonds. The Labute approximate surface area is 345 Å². The Balaban J connectivity index is 1.37. The molecule has 0 saturated carbocycles. The fourth-order valence-corrected chi connectivity index (χ4v) is 9.01. The van der Waals surface area contributed by atoms with Crippen LogP contribution in [0, 0.1) is 12.3 Å². The maximum absolute atomic E-state index is 2.56. The summed E-state index contributed by atoms with van der Waals surface area (Å²) in [5.74, 6) is 0. The highest BCUT2D eigenvalue weighted by molar-refractivity contribution is 6.33. The largest absolute Gasteiger partial charge is 0.334 e. The third kappa shape index (κ3) is 6.83. The molecule has 0 spiro atoms. The third-order valence-electron chi connectivity index (χ3n) is 12.2. The molecule has 1 unspecified atom stereocenters. The lowest BCUT2D eigenvalue weighted by atomic mass is 9.81. The smallest absolute Gasteiger partial charge is 0.0560 e. The summed E-state index contributed by atoms with van der Waals surface area (Å²) in [4.78, 5) is 2.56. The van der Waals surface area contributed by atoms with Crippen LogP contribution in [0.2, 0.25) is 0 Å². The number of benzene rings is 8. The van der Waals surface area contributed by atoms with Gasteiger partial charge in [0.05, 0.1) is 6.04 Å². The summed E-state index contributed by atoms with van der Waals surface area (Å²) in [5.41, 5.74) is 14.0. The van der Waals surface area contributed by atoms with Gasteiger partial charge in [0.1, 0.15) is 0 Å². The topological polar surface area (TPSA) is 3.24 Å². The van der Waals surface area contributed by atoms with E-state index in [1.807, 2.05) is 0 Å². The normalized spacial score (nSPS) is 14.6. The molecule has 0 N–H and O–H groups in total. The Morgan fingerprint density at radius 3 is 1.69 bits per heavy atom. The molecule has 1 heteroatoms. The van der Waals surface area contributed by atoms with Crippen LogP contribution in [0.25, 0.3) is 65.7 Å². The quantitative estimate of drug-likeness (QED) is 0.153. The molecule has 9 rings (SSSR count). The van der Waals surface area contributed by atoms with Crippen molar-refractivity contribution in [1.29, 1.82) is 0 Å². The lowest BCUT2D eigenvalue weighted by molar-refractivity contribution is 0.510. The number of rotatable bonds is 6. The lowest BCUT2D eigenvalue weighted by Crippen LogP contribution is -2.31. The van der Waals surface area contributed by atoms with Crippen molar-refractivity contribution in [3.05, 3.63) is 193 Å². The maximum atomic E-state index is 2.56. The van der Waals surface area contributed by atoms with E-state index in [0.29, 0.717) is 0 Å². The molecule has 0 aromatic heterocycles. The van der Waals surface area contributed by atoms with E-state index in [1.54, 1.807) is 0 Å². The number of nitrogens with zero attached hydrogens (tertiary/aromatic N) is 1. The highest BCUT2D eigenvalue weighted by atomic mass is 15.2. The molecule has 286 valence electrons. The molecule has 1 atom stereocenters. The first kappa shape index (κ1) is 37.4. The minimum absolute atomic E-state index is 0.0772. The SMILES string of the molecule is Cc1ccc(-c2cc(-c3ccccc3)c3c4ccccc4c4cc(N(c5ccc(C(C)(C)C)cc5)C5C=CC(C(C)(C)C)=CC5)ccc4c3c2-c2ccccc2)cc1. The van der Waals surface area contributed by atoms with Crippen molar-refractivity contribution in [1.82, 2.24) is 0 Å². The van der Waals surface area contributed by atoms with Gasteiger partial charge < -0.3 is 4.90 Å². The second kappa shape index (κ2) is 14.6. The molecule has 8 aromatic carbocycles. The molecule has 1 aliphatic carbocycles. The van der Waals surface area contributed by atoms with Gasteiger partial charge in [0, 0.05) is 11.4 Å².